The largest absolute Gasteiger partial charge is 0.462 e. The van der Waals surface area contributed by atoms with E-state index in [0.717, 1.165) is 62.2 Å². The number of carbonyl (C=O) groups excluding carboxylic acids is 2. The summed E-state index contributed by atoms with van der Waals surface area (Å²) in [4.78, 5) is 23.1. The summed E-state index contributed by atoms with van der Waals surface area (Å²) < 4.78 is 10.5. The first kappa shape index (κ1) is 44.4. The number of hydrogen-bond acceptors (Lipinski definition) is 4. The number of unbranched alkanes of at least 4 members (excludes halogenated alkanes) is 18. The number of esters is 2. The minimum absolute atomic E-state index is 0.265. The first-order valence-corrected chi connectivity index (χ1v) is 20.4. The summed E-state index contributed by atoms with van der Waals surface area (Å²) in [7, 11) is 0. The van der Waals surface area contributed by atoms with E-state index in [2.05, 4.69) is 13.2 Å². The van der Waals surface area contributed by atoms with Crippen molar-refractivity contribution in [2.45, 2.75) is 194 Å². The molecule has 0 amide bonds. The Bertz CT molecular complexity index is 832. The zero-order chi connectivity index (χ0) is 35.2. The normalized spacial score (nSPS) is 19.2. The van der Waals surface area contributed by atoms with Crippen LogP contribution in [-0.4, -0.2) is 25.2 Å². The molecule has 0 aromatic carbocycles. The minimum atomic E-state index is -0.265. The Morgan fingerprint density at radius 1 is 0.479 bits per heavy atom. The molecule has 48 heavy (non-hydrogen) atoms. The van der Waals surface area contributed by atoms with Crippen molar-refractivity contribution in [3.63, 3.8) is 0 Å². The highest BCUT2D eigenvalue weighted by Crippen LogP contribution is 2.47. The van der Waals surface area contributed by atoms with Gasteiger partial charge >= 0.3 is 11.9 Å². The van der Waals surface area contributed by atoms with Crippen LogP contribution in [0.25, 0.3) is 0 Å². The molecule has 0 aromatic heterocycles. The first-order valence-electron chi connectivity index (χ1n) is 20.4. The van der Waals surface area contributed by atoms with Crippen molar-refractivity contribution in [1.82, 2.24) is 0 Å². The zero-order valence-corrected chi connectivity index (χ0v) is 31.7. The first-order chi connectivity index (χ1) is 23.3. The number of hydrogen-bond donors (Lipinski definition) is 0. The van der Waals surface area contributed by atoms with Crippen molar-refractivity contribution in [2.75, 3.05) is 13.2 Å². The molecule has 4 radical (unpaired) electrons. The van der Waals surface area contributed by atoms with Crippen LogP contribution in [0, 0.1) is 37.5 Å². The van der Waals surface area contributed by atoms with E-state index in [1.807, 2.05) is 0 Å². The molecule has 0 spiro atoms. The van der Waals surface area contributed by atoms with Crippen LogP contribution in [0.4, 0.5) is 0 Å². The van der Waals surface area contributed by atoms with Gasteiger partial charge in [0.15, 0.2) is 0 Å². The summed E-state index contributed by atoms with van der Waals surface area (Å²) in [6, 6.07) is 0. The van der Waals surface area contributed by atoms with Gasteiger partial charge in [0.05, 0.1) is 13.2 Å². The van der Waals surface area contributed by atoms with Gasteiger partial charge in [-0.1, -0.05) is 142 Å². The summed E-state index contributed by atoms with van der Waals surface area (Å²) in [5.74, 6) is 3.04. The van der Waals surface area contributed by atoms with Gasteiger partial charge in [0, 0.05) is 11.1 Å². The fraction of sp³-hybridized carbons (Fsp3) is 0.818. The summed E-state index contributed by atoms with van der Waals surface area (Å²) in [6.07, 6.45) is 35.1. The van der Waals surface area contributed by atoms with E-state index >= 15 is 0 Å². The van der Waals surface area contributed by atoms with E-state index in [9.17, 15) is 9.59 Å². The Morgan fingerprint density at radius 3 is 1.15 bits per heavy atom. The van der Waals surface area contributed by atoms with Gasteiger partial charge in [0.2, 0.25) is 0 Å². The monoisotopic (exact) mass is 669 g/mol. The average molecular weight is 669 g/mol. The molecule has 0 N–H and O–H groups in total. The molecular weight excluding hydrogens is 592 g/mol. The molecule has 1 rings (SSSR count). The second-order valence-corrected chi connectivity index (χ2v) is 15.1. The van der Waals surface area contributed by atoms with Crippen LogP contribution in [-0.2, 0) is 19.1 Å². The Balaban J connectivity index is 2.55. The number of rotatable bonds is 32. The molecule has 1 saturated carbocycles. The van der Waals surface area contributed by atoms with Crippen LogP contribution >= 0.6 is 0 Å². The van der Waals surface area contributed by atoms with Gasteiger partial charge in [-0.05, 0) is 103 Å². The van der Waals surface area contributed by atoms with Crippen molar-refractivity contribution in [1.29, 1.82) is 0 Å². The smallest absolute Gasteiger partial charge is 0.333 e. The Hall–Kier alpha value is -1.58. The number of carbonyl (C=O) groups is 2. The second-order valence-electron chi connectivity index (χ2n) is 15.1. The molecule has 1 aliphatic carbocycles. The molecule has 0 heterocycles. The summed E-state index contributed by atoms with van der Waals surface area (Å²) in [5, 5.41) is 0. The molecular formula is C44H76O4. The highest BCUT2D eigenvalue weighted by Gasteiger charge is 2.37. The molecule has 1 aliphatic rings. The maximum Gasteiger partial charge on any atom is 0.333 e. The Morgan fingerprint density at radius 2 is 0.771 bits per heavy atom. The van der Waals surface area contributed by atoms with Gasteiger partial charge in [-0.3, -0.25) is 0 Å². The van der Waals surface area contributed by atoms with Crippen molar-refractivity contribution in [3.05, 3.63) is 38.2 Å². The molecule has 276 valence electrons. The van der Waals surface area contributed by atoms with Crippen molar-refractivity contribution >= 4 is 11.9 Å². The second kappa shape index (κ2) is 30.3. The highest BCUT2D eigenvalue weighted by atomic mass is 16.5. The van der Waals surface area contributed by atoms with Crippen LogP contribution in [0.3, 0.4) is 0 Å². The zero-order valence-electron chi connectivity index (χ0n) is 31.7. The molecule has 4 nitrogen and oxygen atoms in total. The van der Waals surface area contributed by atoms with E-state index in [1.165, 1.54) is 141 Å². The van der Waals surface area contributed by atoms with E-state index in [0.29, 0.717) is 24.4 Å². The van der Waals surface area contributed by atoms with Gasteiger partial charge in [-0.15, -0.1) is 0 Å². The molecule has 4 unspecified atom stereocenters. The molecule has 0 aromatic rings. The van der Waals surface area contributed by atoms with Crippen LogP contribution < -0.4 is 0 Å². The summed E-state index contributed by atoms with van der Waals surface area (Å²) in [5.41, 5.74) is 0.963. The predicted octanol–water partition coefficient (Wildman–Crippen LogP) is 13.0. The number of ether oxygens (including phenoxy) is 2. The molecule has 0 saturated heterocycles. The van der Waals surface area contributed by atoms with Gasteiger partial charge in [-0.2, -0.15) is 0 Å². The van der Waals surface area contributed by atoms with Crippen LogP contribution in [0.2, 0.25) is 0 Å². The maximum absolute atomic E-state index is 11.5. The standard InChI is InChI=1S/C44H76O4/c1-7-9-11-18-25-31-41-39(29-23-10-8-2)33-34-40(30-24-19-14-12-16-21-27-35-47-43(45)37(3)4)42(41)32-26-20-15-13-17-22-28-36-48-44(46)38(5)6/h1-2,39-42H,3,5,7-36H2,4,6H3. The minimum Gasteiger partial charge on any atom is -0.462 e. The summed E-state index contributed by atoms with van der Waals surface area (Å²) in [6.45, 7) is 23.4. The van der Waals surface area contributed by atoms with Crippen LogP contribution in [0.15, 0.2) is 24.3 Å². The third-order valence-corrected chi connectivity index (χ3v) is 10.8. The van der Waals surface area contributed by atoms with Crippen LogP contribution in [0.5, 0.6) is 0 Å². The van der Waals surface area contributed by atoms with E-state index in [1.54, 1.807) is 13.8 Å². The lowest BCUT2D eigenvalue weighted by molar-refractivity contribution is -0.139. The molecule has 4 atom stereocenters. The van der Waals surface area contributed by atoms with E-state index < -0.39 is 0 Å². The summed E-state index contributed by atoms with van der Waals surface area (Å²) >= 11 is 0. The topological polar surface area (TPSA) is 52.6 Å². The quantitative estimate of drug-likeness (QED) is 0.0407. The van der Waals surface area contributed by atoms with Crippen LogP contribution in [0.1, 0.15) is 194 Å². The third-order valence-electron chi connectivity index (χ3n) is 10.8. The van der Waals surface area contributed by atoms with Gasteiger partial charge in [0.1, 0.15) is 0 Å². The maximum atomic E-state index is 11.5. The van der Waals surface area contributed by atoms with Gasteiger partial charge in [-0.25, -0.2) is 9.59 Å². The lowest BCUT2D eigenvalue weighted by Crippen LogP contribution is -2.35. The Kier molecular flexibility index (Phi) is 28.0. The molecule has 1 fully saturated rings. The molecule has 0 bridgehead atoms. The van der Waals surface area contributed by atoms with Crippen molar-refractivity contribution < 1.29 is 19.1 Å². The average Bonchev–Trinajstić information content (AvgIpc) is 3.07. The van der Waals surface area contributed by atoms with Gasteiger partial charge in [0.25, 0.3) is 0 Å². The third kappa shape index (κ3) is 22.2. The lowest BCUT2D eigenvalue weighted by atomic mass is 9.61. The van der Waals surface area contributed by atoms with Gasteiger partial charge < -0.3 is 9.47 Å². The fourth-order valence-corrected chi connectivity index (χ4v) is 7.94. The van der Waals surface area contributed by atoms with Crippen molar-refractivity contribution in [3.8, 4) is 0 Å². The Labute approximate surface area is 299 Å². The van der Waals surface area contributed by atoms with E-state index in [-0.39, 0.29) is 11.9 Å². The molecule has 0 aliphatic heterocycles. The fourth-order valence-electron chi connectivity index (χ4n) is 7.94. The van der Waals surface area contributed by atoms with E-state index in [4.69, 9.17) is 23.3 Å². The lowest BCUT2D eigenvalue weighted by Gasteiger charge is -2.44. The highest BCUT2D eigenvalue weighted by molar-refractivity contribution is 5.87. The molecule has 4 heteroatoms. The predicted molar refractivity (Wildman–Crippen MR) is 203 cm³/mol. The van der Waals surface area contributed by atoms with Crippen molar-refractivity contribution in [2.24, 2.45) is 23.7 Å². The SMILES string of the molecule is [CH]CCCCCCC1C(CCCC[CH])CCC(CCCCCCCCCOC(=O)C(=C)C)C1CCCCCCCCCOC(=O)C(=C)C.